The average Bonchev–Trinajstić information content (AvgIpc) is 3.40. The Morgan fingerprint density at radius 3 is 2.59 bits per heavy atom. The second kappa shape index (κ2) is 9.85. The molecule has 176 valence electrons. The first-order valence-corrected chi connectivity index (χ1v) is 12.2. The van der Waals surface area contributed by atoms with E-state index in [1.807, 2.05) is 29.8 Å². The number of aryl methyl sites for hydroxylation is 1. The van der Waals surface area contributed by atoms with E-state index in [1.54, 1.807) is 0 Å². The molecule has 1 aliphatic rings. The largest absolute Gasteiger partial charge is 0.361 e. The van der Waals surface area contributed by atoms with Gasteiger partial charge in [-0.05, 0) is 62.9 Å². The first kappa shape index (κ1) is 22.4. The Morgan fingerprint density at radius 1 is 1.06 bits per heavy atom. The van der Waals surface area contributed by atoms with Crippen molar-refractivity contribution in [1.29, 1.82) is 0 Å². The highest BCUT2D eigenvalue weighted by Gasteiger charge is 2.24. The van der Waals surface area contributed by atoms with E-state index in [2.05, 4.69) is 64.7 Å². The number of hydrogen-bond donors (Lipinski definition) is 2. The number of aromatic amines is 1. The third-order valence-corrected chi connectivity index (χ3v) is 7.18. The SMILES string of the molecule is Cc1nn(Cc2ccccc2)c(C)c1CNC(=O)CN1CCC(c2c[nH]c3ccccc23)CC1. The van der Waals surface area contributed by atoms with Gasteiger partial charge in [-0.1, -0.05) is 48.5 Å². The van der Waals surface area contributed by atoms with Crippen LogP contribution in [0.2, 0.25) is 0 Å². The predicted molar refractivity (Wildman–Crippen MR) is 136 cm³/mol. The molecule has 0 saturated carbocycles. The van der Waals surface area contributed by atoms with Crippen molar-refractivity contribution in [2.45, 2.75) is 45.7 Å². The molecule has 1 saturated heterocycles. The van der Waals surface area contributed by atoms with Gasteiger partial charge in [-0.25, -0.2) is 0 Å². The molecule has 2 aromatic carbocycles. The number of carbonyl (C=O) groups is 1. The fraction of sp³-hybridized carbons (Fsp3) is 0.357. The van der Waals surface area contributed by atoms with Crippen LogP contribution in [0, 0.1) is 13.8 Å². The molecule has 4 aromatic rings. The Morgan fingerprint density at radius 2 is 1.79 bits per heavy atom. The number of H-pyrrole nitrogens is 1. The van der Waals surface area contributed by atoms with E-state index in [0.29, 0.717) is 19.0 Å². The standard InChI is InChI=1S/C28H33N5O/c1-20-25(21(2)33(31-20)18-22-8-4-3-5-9-22)16-30-28(34)19-32-14-12-23(13-15-32)26-17-29-27-11-7-6-10-24(26)27/h3-11,17,23,29H,12-16,18-19H2,1-2H3,(H,30,34). The fourth-order valence-corrected chi connectivity index (χ4v) is 5.18. The van der Waals surface area contributed by atoms with Gasteiger partial charge in [0.2, 0.25) is 5.91 Å². The first-order valence-electron chi connectivity index (χ1n) is 12.2. The summed E-state index contributed by atoms with van der Waals surface area (Å²) in [5.74, 6) is 0.636. The van der Waals surface area contributed by atoms with Crippen molar-refractivity contribution < 1.29 is 4.79 Å². The summed E-state index contributed by atoms with van der Waals surface area (Å²) in [6, 6.07) is 18.8. The van der Waals surface area contributed by atoms with Gasteiger partial charge in [0, 0.05) is 34.9 Å². The molecule has 0 unspecified atom stereocenters. The number of aromatic nitrogens is 3. The Balaban J connectivity index is 1.12. The van der Waals surface area contributed by atoms with Gasteiger partial charge in [-0.15, -0.1) is 0 Å². The van der Waals surface area contributed by atoms with Crippen molar-refractivity contribution in [3.8, 4) is 0 Å². The van der Waals surface area contributed by atoms with E-state index in [-0.39, 0.29) is 5.91 Å². The molecule has 0 radical (unpaired) electrons. The second-order valence-corrected chi connectivity index (χ2v) is 9.41. The lowest BCUT2D eigenvalue weighted by atomic mass is 9.89. The molecule has 2 aromatic heterocycles. The minimum Gasteiger partial charge on any atom is -0.361 e. The molecule has 0 spiro atoms. The van der Waals surface area contributed by atoms with Gasteiger partial charge in [0.1, 0.15) is 0 Å². The maximum atomic E-state index is 12.7. The zero-order valence-corrected chi connectivity index (χ0v) is 20.1. The Hall–Kier alpha value is -3.38. The van der Waals surface area contributed by atoms with E-state index in [0.717, 1.165) is 49.4 Å². The van der Waals surface area contributed by atoms with Crippen molar-refractivity contribution in [2.75, 3.05) is 19.6 Å². The second-order valence-electron chi connectivity index (χ2n) is 9.41. The van der Waals surface area contributed by atoms with Crippen LogP contribution in [0.4, 0.5) is 0 Å². The number of nitrogens with one attached hydrogen (secondary N) is 2. The molecule has 2 N–H and O–H groups in total. The lowest BCUT2D eigenvalue weighted by Gasteiger charge is -2.31. The average molecular weight is 456 g/mol. The fourth-order valence-electron chi connectivity index (χ4n) is 5.18. The highest BCUT2D eigenvalue weighted by atomic mass is 16.2. The van der Waals surface area contributed by atoms with E-state index in [1.165, 1.54) is 22.0 Å². The van der Waals surface area contributed by atoms with Crippen molar-refractivity contribution in [1.82, 2.24) is 25.0 Å². The monoisotopic (exact) mass is 455 g/mol. The van der Waals surface area contributed by atoms with Crippen molar-refractivity contribution in [2.24, 2.45) is 0 Å². The van der Waals surface area contributed by atoms with Crippen LogP contribution in [0.5, 0.6) is 0 Å². The summed E-state index contributed by atoms with van der Waals surface area (Å²) in [7, 11) is 0. The molecule has 5 rings (SSSR count). The van der Waals surface area contributed by atoms with Crippen LogP contribution in [0.25, 0.3) is 10.9 Å². The number of likely N-dealkylation sites (tertiary alicyclic amines) is 1. The van der Waals surface area contributed by atoms with Gasteiger partial charge in [0.15, 0.2) is 0 Å². The summed E-state index contributed by atoms with van der Waals surface area (Å²) in [6.07, 6.45) is 4.33. The Bertz CT molecular complexity index is 1260. The number of piperidine rings is 1. The van der Waals surface area contributed by atoms with E-state index >= 15 is 0 Å². The molecule has 1 aliphatic heterocycles. The molecule has 0 bridgehead atoms. The molecule has 0 atom stereocenters. The van der Waals surface area contributed by atoms with E-state index in [4.69, 9.17) is 5.10 Å². The summed E-state index contributed by atoms with van der Waals surface area (Å²) < 4.78 is 2.03. The minimum atomic E-state index is 0.0835. The first-order chi connectivity index (χ1) is 16.6. The number of para-hydroxylation sites is 1. The van der Waals surface area contributed by atoms with Crippen LogP contribution >= 0.6 is 0 Å². The Kier molecular flexibility index (Phi) is 6.50. The van der Waals surface area contributed by atoms with Gasteiger partial charge in [-0.3, -0.25) is 14.4 Å². The number of hydrogen-bond acceptors (Lipinski definition) is 3. The van der Waals surface area contributed by atoms with Crippen LogP contribution in [-0.4, -0.2) is 45.2 Å². The van der Waals surface area contributed by atoms with Crippen LogP contribution in [-0.2, 0) is 17.9 Å². The van der Waals surface area contributed by atoms with Crippen LogP contribution in [0.15, 0.2) is 60.8 Å². The lowest BCUT2D eigenvalue weighted by Crippen LogP contribution is -2.41. The van der Waals surface area contributed by atoms with Gasteiger partial charge < -0.3 is 10.3 Å². The Labute approximate surface area is 201 Å². The van der Waals surface area contributed by atoms with Crippen LogP contribution in [0.1, 0.15) is 46.8 Å². The van der Waals surface area contributed by atoms with Crippen molar-refractivity contribution >= 4 is 16.8 Å². The third kappa shape index (κ3) is 4.77. The van der Waals surface area contributed by atoms with Crippen molar-refractivity contribution in [3.63, 3.8) is 0 Å². The number of amides is 1. The van der Waals surface area contributed by atoms with E-state index < -0.39 is 0 Å². The summed E-state index contributed by atoms with van der Waals surface area (Å²) in [4.78, 5) is 18.4. The quantitative estimate of drug-likeness (QED) is 0.430. The molecule has 1 fully saturated rings. The number of nitrogens with zero attached hydrogens (tertiary/aromatic N) is 3. The van der Waals surface area contributed by atoms with E-state index in [9.17, 15) is 4.79 Å². The molecular weight excluding hydrogens is 422 g/mol. The van der Waals surface area contributed by atoms with Gasteiger partial charge in [-0.2, -0.15) is 5.10 Å². The highest BCUT2D eigenvalue weighted by Crippen LogP contribution is 2.32. The smallest absolute Gasteiger partial charge is 0.234 e. The summed E-state index contributed by atoms with van der Waals surface area (Å²) in [5.41, 5.74) is 7.05. The number of benzene rings is 2. The highest BCUT2D eigenvalue weighted by molar-refractivity contribution is 5.83. The van der Waals surface area contributed by atoms with Gasteiger partial charge >= 0.3 is 0 Å². The third-order valence-electron chi connectivity index (χ3n) is 7.18. The zero-order valence-electron chi connectivity index (χ0n) is 20.1. The number of carbonyl (C=O) groups excluding carboxylic acids is 1. The molecule has 3 heterocycles. The normalized spacial score (nSPS) is 15.1. The lowest BCUT2D eigenvalue weighted by molar-refractivity contribution is -0.122. The number of rotatable bonds is 7. The minimum absolute atomic E-state index is 0.0835. The summed E-state index contributed by atoms with van der Waals surface area (Å²) in [6.45, 7) is 7.72. The van der Waals surface area contributed by atoms with Gasteiger partial charge in [0.25, 0.3) is 0 Å². The topological polar surface area (TPSA) is 66.0 Å². The van der Waals surface area contributed by atoms with Crippen LogP contribution in [0.3, 0.4) is 0 Å². The molecule has 6 heteroatoms. The molecule has 1 amide bonds. The zero-order chi connectivity index (χ0) is 23.5. The molecular formula is C28H33N5O. The molecule has 0 aliphatic carbocycles. The summed E-state index contributed by atoms with van der Waals surface area (Å²) in [5, 5.41) is 9.17. The molecule has 6 nitrogen and oxygen atoms in total. The number of fused-ring (bicyclic) bond motifs is 1. The van der Waals surface area contributed by atoms with Gasteiger partial charge in [0.05, 0.1) is 18.8 Å². The summed E-state index contributed by atoms with van der Waals surface area (Å²) >= 11 is 0. The maximum absolute atomic E-state index is 12.7. The van der Waals surface area contributed by atoms with Crippen LogP contribution < -0.4 is 5.32 Å². The molecule has 34 heavy (non-hydrogen) atoms. The van der Waals surface area contributed by atoms with Crippen molar-refractivity contribution in [3.05, 3.63) is 88.9 Å². The maximum Gasteiger partial charge on any atom is 0.234 e. The predicted octanol–water partition coefficient (Wildman–Crippen LogP) is 4.53.